The van der Waals surface area contributed by atoms with Gasteiger partial charge in [0.15, 0.2) is 30.1 Å². The number of pyridine rings is 1. The quantitative estimate of drug-likeness (QED) is 0.0596. The van der Waals surface area contributed by atoms with Crippen LogP contribution in [0.2, 0.25) is 0 Å². The predicted molar refractivity (Wildman–Crippen MR) is 184 cm³/mol. The molecule has 1 N–H and O–H groups in total. The van der Waals surface area contributed by atoms with E-state index in [1.54, 1.807) is 18.4 Å². The summed E-state index contributed by atoms with van der Waals surface area (Å²) < 4.78 is 19.1. The van der Waals surface area contributed by atoms with Gasteiger partial charge in [-0.3, -0.25) is 4.79 Å². The highest BCUT2D eigenvalue weighted by molar-refractivity contribution is 6.00. The Bertz CT molecular complexity index is 1930. The summed E-state index contributed by atoms with van der Waals surface area (Å²) in [4.78, 5) is 24.4. The molecular formula is C39H43N2O5+. The van der Waals surface area contributed by atoms with Crippen molar-refractivity contribution in [1.82, 2.24) is 0 Å². The first-order valence-corrected chi connectivity index (χ1v) is 15.9. The number of rotatable bonds is 11. The number of furan rings is 1. The molecular weight excluding hydrogens is 576 g/mol. The number of carbonyl (C=O) groups is 1. The molecule has 0 atom stereocenters. The van der Waals surface area contributed by atoms with Crippen molar-refractivity contribution < 1.29 is 22.9 Å². The Morgan fingerprint density at radius 2 is 1.83 bits per heavy atom. The summed E-state index contributed by atoms with van der Waals surface area (Å²) in [6, 6.07) is 10.6. The van der Waals surface area contributed by atoms with Crippen LogP contribution in [0.15, 0.2) is 127 Å². The zero-order valence-corrected chi connectivity index (χ0v) is 27.4. The van der Waals surface area contributed by atoms with Gasteiger partial charge in [-0.2, -0.15) is 0 Å². The zero-order chi connectivity index (χ0) is 32.7. The Labute approximate surface area is 270 Å². The maximum atomic E-state index is 12.6. The smallest absolute Gasteiger partial charge is 0.336 e. The molecule has 0 spiro atoms. The number of fused-ring (bicyclic) bond motifs is 2. The molecule has 1 aromatic carbocycles. The Balaban J connectivity index is 1.10. The van der Waals surface area contributed by atoms with Crippen LogP contribution in [0.4, 0.5) is 5.69 Å². The lowest BCUT2D eigenvalue weighted by Gasteiger charge is -2.32. The van der Waals surface area contributed by atoms with E-state index in [1.165, 1.54) is 36.5 Å². The number of aromatic nitrogens is 1. The van der Waals surface area contributed by atoms with Crippen molar-refractivity contribution in [1.29, 1.82) is 0 Å². The minimum atomic E-state index is -0.439. The largest absolute Gasteiger partial charge is 0.486 e. The van der Waals surface area contributed by atoms with Gasteiger partial charge in [-0.15, -0.1) is 0 Å². The normalized spacial score (nSPS) is 15.8. The van der Waals surface area contributed by atoms with Crippen LogP contribution >= 0.6 is 0 Å². The van der Waals surface area contributed by atoms with Crippen molar-refractivity contribution >= 4 is 33.5 Å². The molecule has 0 bridgehead atoms. The predicted octanol–water partition coefficient (Wildman–Crippen LogP) is 8.77. The van der Waals surface area contributed by atoms with E-state index >= 15 is 0 Å². The van der Waals surface area contributed by atoms with E-state index in [1.807, 2.05) is 60.3 Å². The first-order chi connectivity index (χ1) is 22.1. The second kappa shape index (κ2) is 14.5. The molecule has 7 heteroatoms. The molecule has 0 saturated carbocycles. The minimum absolute atomic E-state index is 0.179. The average molecular weight is 620 g/mol. The van der Waals surface area contributed by atoms with Crippen molar-refractivity contribution in [3.05, 3.63) is 124 Å². The number of allylic oxidation sites excluding steroid dienone is 9. The number of carbonyl (C=O) groups excluding carboxylic acids is 1. The van der Waals surface area contributed by atoms with E-state index in [4.69, 9.17) is 13.6 Å². The SMILES string of the molecule is CC(C=CC1=C(C)CCCC1(C)C)=CC=CC(C)=CC(=O)Nc1cc[n+](CCCOc2c3occc3cc3ccc(=O)oc23)cc1. The molecule has 3 aromatic heterocycles. The summed E-state index contributed by atoms with van der Waals surface area (Å²) >= 11 is 0. The summed E-state index contributed by atoms with van der Waals surface area (Å²) in [6.07, 6.45) is 21.8. The molecule has 3 heterocycles. The number of benzene rings is 1. The molecule has 0 saturated heterocycles. The molecule has 0 aliphatic heterocycles. The monoisotopic (exact) mass is 619 g/mol. The third kappa shape index (κ3) is 8.21. The summed E-state index contributed by atoms with van der Waals surface area (Å²) in [6.45, 7) is 12.0. The summed E-state index contributed by atoms with van der Waals surface area (Å²) in [7, 11) is 0. The van der Waals surface area contributed by atoms with Gasteiger partial charge in [0.25, 0.3) is 0 Å². The Morgan fingerprint density at radius 3 is 2.61 bits per heavy atom. The van der Waals surface area contributed by atoms with Gasteiger partial charge < -0.3 is 18.9 Å². The molecule has 238 valence electrons. The van der Waals surface area contributed by atoms with E-state index in [0.717, 1.165) is 21.9 Å². The van der Waals surface area contributed by atoms with Gasteiger partial charge in [0.05, 0.1) is 18.6 Å². The van der Waals surface area contributed by atoms with Gasteiger partial charge >= 0.3 is 5.63 Å². The van der Waals surface area contributed by atoms with Gasteiger partial charge in [0.2, 0.25) is 11.7 Å². The summed E-state index contributed by atoms with van der Waals surface area (Å²) in [5.41, 5.74) is 6.41. The lowest BCUT2D eigenvalue weighted by atomic mass is 9.72. The Kier molecular flexibility index (Phi) is 10.2. The van der Waals surface area contributed by atoms with Gasteiger partial charge in [-0.05, 0) is 74.8 Å². The molecule has 0 fully saturated rings. The standard InChI is InChI=1S/C39H42N2O5/c1-27(12-14-33-29(3)11-7-19-39(33,4)5)9-6-10-28(2)25-34(42)40-32-16-21-41(22-17-32)20-8-23-44-38-36-31(18-24-45-36)26-30-13-15-35(43)46-37(30)38/h6,9-10,12-18,21-22,24-26H,7-8,11,19-20,23H2,1-5H3/p+1. The molecule has 1 aliphatic rings. The first-order valence-electron chi connectivity index (χ1n) is 15.9. The van der Waals surface area contributed by atoms with E-state index in [-0.39, 0.29) is 11.3 Å². The number of hydrogen-bond acceptors (Lipinski definition) is 5. The maximum Gasteiger partial charge on any atom is 0.336 e. The van der Waals surface area contributed by atoms with Gasteiger partial charge in [0.1, 0.15) is 0 Å². The highest BCUT2D eigenvalue weighted by atomic mass is 16.5. The average Bonchev–Trinajstić information content (AvgIpc) is 3.47. The van der Waals surface area contributed by atoms with E-state index in [2.05, 4.69) is 51.2 Å². The second-order valence-electron chi connectivity index (χ2n) is 12.7. The van der Waals surface area contributed by atoms with Crippen LogP contribution in [-0.2, 0) is 11.3 Å². The fraction of sp³-hybridized carbons (Fsp3) is 0.308. The molecule has 0 unspecified atom stereocenters. The van der Waals surface area contributed by atoms with Crippen molar-refractivity contribution in [2.75, 3.05) is 11.9 Å². The van der Waals surface area contributed by atoms with Crippen LogP contribution in [0, 0.1) is 5.41 Å². The third-order valence-corrected chi connectivity index (χ3v) is 8.38. The lowest BCUT2D eigenvalue weighted by molar-refractivity contribution is -0.697. The van der Waals surface area contributed by atoms with E-state index in [0.29, 0.717) is 42.2 Å². The van der Waals surface area contributed by atoms with Gasteiger partial charge in [-0.1, -0.05) is 55.4 Å². The molecule has 4 aromatic rings. The number of hydrogen-bond donors (Lipinski definition) is 1. The minimum Gasteiger partial charge on any atom is -0.486 e. The lowest BCUT2D eigenvalue weighted by Crippen LogP contribution is -2.33. The first kappa shape index (κ1) is 32.5. The number of nitrogens with zero attached hydrogens (tertiary/aromatic N) is 1. The maximum absolute atomic E-state index is 12.6. The molecule has 1 amide bonds. The van der Waals surface area contributed by atoms with Crippen molar-refractivity contribution in [2.24, 2.45) is 5.41 Å². The molecule has 7 nitrogen and oxygen atoms in total. The second-order valence-corrected chi connectivity index (χ2v) is 12.7. The zero-order valence-electron chi connectivity index (χ0n) is 27.4. The number of amides is 1. The van der Waals surface area contributed by atoms with Crippen LogP contribution in [0.5, 0.6) is 5.75 Å². The van der Waals surface area contributed by atoms with Crippen LogP contribution < -0.4 is 20.2 Å². The fourth-order valence-corrected chi connectivity index (χ4v) is 5.91. The van der Waals surface area contributed by atoms with Crippen molar-refractivity contribution in [3.63, 3.8) is 0 Å². The highest BCUT2D eigenvalue weighted by Gasteiger charge is 2.26. The van der Waals surface area contributed by atoms with E-state index < -0.39 is 5.63 Å². The van der Waals surface area contributed by atoms with Crippen LogP contribution in [0.25, 0.3) is 21.9 Å². The number of ether oxygens (including phenoxy) is 1. The van der Waals surface area contributed by atoms with Gasteiger partial charge in [-0.25, -0.2) is 9.36 Å². The number of aryl methyl sites for hydroxylation is 1. The summed E-state index contributed by atoms with van der Waals surface area (Å²) in [5, 5.41) is 4.58. The third-order valence-electron chi connectivity index (χ3n) is 8.38. The molecule has 5 rings (SSSR count). The highest BCUT2D eigenvalue weighted by Crippen LogP contribution is 2.41. The summed E-state index contributed by atoms with van der Waals surface area (Å²) in [5.74, 6) is 0.257. The van der Waals surface area contributed by atoms with Crippen molar-refractivity contribution in [2.45, 2.75) is 66.8 Å². The van der Waals surface area contributed by atoms with Crippen molar-refractivity contribution in [3.8, 4) is 5.75 Å². The van der Waals surface area contributed by atoms with Crippen LogP contribution in [0.1, 0.15) is 60.3 Å². The topological polar surface area (TPSA) is 85.6 Å². The Morgan fingerprint density at radius 1 is 1.04 bits per heavy atom. The molecule has 46 heavy (non-hydrogen) atoms. The molecule has 1 aliphatic carbocycles. The van der Waals surface area contributed by atoms with Crippen LogP contribution in [-0.4, -0.2) is 12.5 Å². The Hall–Kier alpha value is -4.91. The van der Waals surface area contributed by atoms with E-state index in [9.17, 15) is 9.59 Å². The van der Waals surface area contributed by atoms with Gasteiger partial charge in [0, 0.05) is 41.5 Å². The fourth-order valence-electron chi connectivity index (χ4n) is 5.91. The molecule has 0 radical (unpaired) electrons. The number of nitrogens with one attached hydrogen (secondary N) is 1. The van der Waals surface area contributed by atoms with Crippen LogP contribution in [0.3, 0.4) is 0 Å². The number of anilines is 1.